The maximum absolute atomic E-state index is 11.8. The Morgan fingerprint density at radius 3 is 2.65 bits per heavy atom. The van der Waals surface area contributed by atoms with Gasteiger partial charge in [-0.1, -0.05) is 11.6 Å². The van der Waals surface area contributed by atoms with Gasteiger partial charge in [0.05, 0.1) is 12.6 Å². The van der Waals surface area contributed by atoms with E-state index in [0.717, 1.165) is 0 Å². The third-order valence-corrected chi connectivity index (χ3v) is 2.54. The number of amides is 1. The molecule has 0 aliphatic carbocycles. The molecule has 1 atom stereocenters. The first-order valence-corrected chi connectivity index (χ1v) is 5.71. The summed E-state index contributed by atoms with van der Waals surface area (Å²) in [6, 6.07) is 6.44. The van der Waals surface area contributed by atoms with Crippen LogP contribution in [0.1, 0.15) is 16.8 Å². The van der Waals surface area contributed by atoms with Gasteiger partial charge in [0.15, 0.2) is 0 Å². The molecule has 0 saturated heterocycles. The Morgan fingerprint density at radius 2 is 2.12 bits per heavy atom. The Kier molecular flexibility index (Phi) is 5.97. The summed E-state index contributed by atoms with van der Waals surface area (Å²) < 4.78 is 4.97. The molecule has 5 heteroatoms. The van der Waals surface area contributed by atoms with Crippen LogP contribution in [-0.4, -0.2) is 37.4 Å². The van der Waals surface area contributed by atoms with Crippen molar-refractivity contribution in [2.45, 2.75) is 12.5 Å². The number of nitrogens with one attached hydrogen (secondary N) is 1. The Morgan fingerprint density at radius 1 is 1.47 bits per heavy atom. The van der Waals surface area contributed by atoms with Crippen molar-refractivity contribution in [3.63, 3.8) is 0 Å². The predicted octanol–water partition coefficient (Wildman–Crippen LogP) is 1.47. The number of carbonyl (C=O) groups is 1. The first-order chi connectivity index (χ1) is 8.17. The fourth-order valence-electron chi connectivity index (χ4n) is 1.42. The minimum atomic E-state index is -0.197. The zero-order chi connectivity index (χ0) is 12.7. The van der Waals surface area contributed by atoms with Crippen LogP contribution in [0.15, 0.2) is 24.3 Å². The average Bonchev–Trinajstić information content (AvgIpc) is 2.30. The molecule has 1 aromatic rings. The number of carbonyl (C=O) groups excluding carboxylic acids is 1. The highest BCUT2D eigenvalue weighted by Gasteiger charge is 2.12. The molecule has 0 aliphatic rings. The quantitative estimate of drug-likeness (QED) is 0.811. The van der Waals surface area contributed by atoms with Gasteiger partial charge in [0.25, 0.3) is 5.91 Å². The molecule has 1 rings (SSSR count). The van der Waals surface area contributed by atoms with Crippen LogP contribution in [0.3, 0.4) is 0 Å². The van der Waals surface area contributed by atoms with Gasteiger partial charge in [-0.25, -0.2) is 0 Å². The second-order valence-corrected chi connectivity index (χ2v) is 4.08. The number of aliphatic hydroxyl groups is 1. The van der Waals surface area contributed by atoms with Gasteiger partial charge in [0.2, 0.25) is 0 Å². The molecule has 0 fully saturated rings. The Bertz CT molecular complexity index is 347. The largest absolute Gasteiger partial charge is 0.396 e. The predicted molar refractivity (Wildman–Crippen MR) is 66.3 cm³/mol. The van der Waals surface area contributed by atoms with Gasteiger partial charge in [0, 0.05) is 24.3 Å². The van der Waals surface area contributed by atoms with Gasteiger partial charge >= 0.3 is 0 Å². The maximum atomic E-state index is 11.8. The van der Waals surface area contributed by atoms with Gasteiger partial charge < -0.3 is 15.2 Å². The number of benzene rings is 1. The molecule has 2 N–H and O–H groups in total. The molecular formula is C12H16ClNO3. The molecule has 0 aromatic heterocycles. The number of rotatable bonds is 6. The van der Waals surface area contributed by atoms with Crippen LogP contribution in [0.25, 0.3) is 0 Å². The highest BCUT2D eigenvalue weighted by Crippen LogP contribution is 2.09. The minimum absolute atomic E-state index is 0.00885. The SMILES string of the molecule is COCC(CCO)NC(=O)c1ccc(Cl)cc1. The lowest BCUT2D eigenvalue weighted by molar-refractivity contribution is 0.0878. The minimum Gasteiger partial charge on any atom is -0.396 e. The van der Waals surface area contributed by atoms with E-state index in [-0.39, 0.29) is 18.6 Å². The number of hydrogen-bond donors (Lipinski definition) is 2. The van der Waals surface area contributed by atoms with Crippen molar-refractivity contribution in [2.24, 2.45) is 0 Å². The van der Waals surface area contributed by atoms with Crippen molar-refractivity contribution >= 4 is 17.5 Å². The summed E-state index contributed by atoms with van der Waals surface area (Å²) in [7, 11) is 1.55. The monoisotopic (exact) mass is 257 g/mol. The van der Waals surface area contributed by atoms with Gasteiger partial charge in [-0.2, -0.15) is 0 Å². The number of ether oxygens (including phenoxy) is 1. The summed E-state index contributed by atoms with van der Waals surface area (Å²) in [5, 5.41) is 12.2. The fraction of sp³-hybridized carbons (Fsp3) is 0.417. The molecule has 1 aromatic carbocycles. The molecule has 0 heterocycles. The Labute approximate surface area is 106 Å². The van der Waals surface area contributed by atoms with Crippen LogP contribution >= 0.6 is 11.6 Å². The van der Waals surface area contributed by atoms with Crippen molar-refractivity contribution in [1.82, 2.24) is 5.32 Å². The molecule has 94 valence electrons. The number of methoxy groups -OCH3 is 1. The average molecular weight is 258 g/mol. The number of halogens is 1. The third kappa shape index (κ3) is 4.73. The summed E-state index contributed by atoms with van der Waals surface area (Å²) >= 11 is 5.74. The standard InChI is InChI=1S/C12H16ClNO3/c1-17-8-11(6-7-15)14-12(16)9-2-4-10(13)5-3-9/h2-5,11,15H,6-8H2,1H3,(H,14,16). The summed E-state index contributed by atoms with van der Waals surface area (Å²) in [6.45, 7) is 0.384. The summed E-state index contributed by atoms with van der Waals surface area (Å²) in [4.78, 5) is 11.8. The highest BCUT2D eigenvalue weighted by atomic mass is 35.5. The van der Waals surface area contributed by atoms with Crippen LogP contribution in [-0.2, 0) is 4.74 Å². The van der Waals surface area contributed by atoms with Gasteiger partial charge in [-0.15, -0.1) is 0 Å². The Balaban J connectivity index is 2.60. The molecule has 17 heavy (non-hydrogen) atoms. The molecular weight excluding hydrogens is 242 g/mol. The van der Waals surface area contributed by atoms with Crippen LogP contribution in [0.4, 0.5) is 0 Å². The number of aliphatic hydroxyl groups excluding tert-OH is 1. The first kappa shape index (κ1) is 14.0. The van der Waals surface area contributed by atoms with Crippen LogP contribution in [0.5, 0.6) is 0 Å². The lowest BCUT2D eigenvalue weighted by Crippen LogP contribution is -2.38. The van der Waals surface area contributed by atoms with Crippen LogP contribution in [0.2, 0.25) is 5.02 Å². The van der Waals surface area contributed by atoms with E-state index in [1.165, 1.54) is 0 Å². The maximum Gasteiger partial charge on any atom is 0.251 e. The van der Waals surface area contributed by atoms with Crippen molar-refractivity contribution in [3.05, 3.63) is 34.9 Å². The van der Waals surface area contributed by atoms with Gasteiger partial charge in [-0.05, 0) is 30.7 Å². The topological polar surface area (TPSA) is 58.6 Å². The molecule has 4 nitrogen and oxygen atoms in total. The smallest absolute Gasteiger partial charge is 0.251 e. The zero-order valence-electron chi connectivity index (χ0n) is 9.65. The molecule has 0 bridgehead atoms. The molecule has 0 radical (unpaired) electrons. The first-order valence-electron chi connectivity index (χ1n) is 5.33. The Hall–Kier alpha value is -1.10. The normalized spacial score (nSPS) is 12.2. The third-order valence-electron chi connectivity index (χ3n) is 2.29. The van der Waals surface area contributed by atoms with Crippen molar-refractivity contribution < 1.29 is 14.6 Å². The van der Waals surface area contributed by atoms with Crippen molar-refractivity contribution in [3.8, 4) is 0 Å². The highest BCUT2D eigenvalue weighted by molar-refractivity contribution is 6.30. The van der Waals surface area contributed by atoms with Crippen molar-refractivity contribution in [2.75, 3.05) is 20.3 Å². The molecule has 1 amide bonds. The van der Waals surface area contributed by atoms with E-state index >= 15 is 0 Å². The second-order valence-electron chi connectivity index (χ2n) is 3.64. The summed E-state index contributed by atoms with van der Waals surface area (Å²) in [6.07, 6.45) is 0.465. The molecule has 0 aliphatic heterocycles. The van der Waals surface area contributed by atoms with Crippen LogP contribution in [0, 0.1) is 0 Å². The zero-order valence-corrected chi connectivity index (χ0v) is 10.4. The summed E-state index contributed by atoms with van der Waals surface area (Å²) in [5.41, 5.74) is 0.536. The van der Waals surface area contributed by atoms with E-state index < -0.39 is 0 Å². The molecule has 0 spiro atoms. The van der Waals surface area contributed by atoms with E-state index in [1.54, 1.807) is 31.4 Å². The summed E-state index contributed by atoms with van der Waals surface area (Å²) in [5.74, 6) is -0.197. The lowest BCUT2D eigenvalue weighted by atomic mass is 10.1. The number of hydrogen-bond acceptors (Lipinski definition) is 3. The van der Waals surface area contributed by atoms with Gasteiger partial charge in [0.1, 0.15) is 0 Å². The van der Waals surface area contributed by atoms with E-state index in [9.17, 15) is 4.79 Å². The molecule has 0 saturated carbocycles. The fourth-order valence-corrected chi connectivity index (χ4v) is 1.55. The van der Waals surface area contributed by atoms with E-state index in [0.29, 0.717) is 23.6 Å². The van der Waals surface area contributed by atoms with Crippen molar-refractivity contribution in [1.29, 1.82) is 0 Å². The molecule has 1 unspecified atom stereocenters. The van der Waals surface area contributed by atoms with E-state index in [4.69, 9.17) is 21.4 Å². The second kappa shape index (κ2) is 7.27. The van der Waals surface area contributed by atoms with Crippen LogP contribution < -0.4 is 5.32 Å². The van der Waals surface area contributed by atoms with E-state index in [2.05, 4.69) is 5.32 Å². The van der Waals surface area contributed by atoms with E-state index in [1.807, 2.05) is 0 Å². The van der Waals surface area contributed by atoms with Gasteiger partial charge in [-0.3, -0.25) is 4.79 Å². The lowest BCUT2D eigenvalue weighted by Gasteiger charge is -2.16.